The molecule has 0 radical (unpaired) electrons. The molecule has 17 nitrogen and oxygen atoms in total. The van der Waals surface area contributed by atoms with Crippen LogP contribution in [0.4, 0.5) is 9.59 Å². The van der Waals surface area contributed by atoms with Gasteiger partial charge in [0.15, 0.2) is 5.78 Å². The summed E-state index contributed by atoms with van der Waals surface area (Å²) in [5.74, 6) is 3.57. The van der Waals surface area contributed by atoms with Crippen molar-refractivity contribution in [3.63, 3.8) is 0 Å². The molecule has 17 heteroatoms. The lowest BCUT2D eigenvalue weighted by Gasteiger charge is -2.34. The number of ketones is 1. The fraction of sp³-hybridized carbons (Fsp3) is 0.394. The predicted octanol–water partition coefficient (Wildman–Crippen LogP) is 15.3. The average molecular weight is 1180 g/mol. The molecule has 10 aromatic rings. The third-order valence-corrected chi connectivity index (χ3v) is 18.6. The molecule has 14 rings (SSSR count). The van der Waals surface area contributed by atoms with Crippen LogP contribution in [0, 0.1) is 0 Å². The molecule has 0 saturated carbocycles. The van der Waals surface area contributed by atoms with Crippen molar-refractivity contribution in [1.82, 2.24) is 59.5 Å². The van der Waals surface area contributed by atoms with Crippen LogP contribution >= 0.6 is 0 Å². The van der Waals surface area contributed by atoms with Gasteiger partial charge >= 0.3 is 12.2 Å². The van der Waals surface area contributed by atoms with E-state index in [1.54, 1.807) is 9.80 Å². The molecule has 0 aliphatic carbocycles. The molecule has 6 aromatic carbocycles. The van der Waals surface area contributed by atoms with E-state index in [0.29, 0.717) is 13.1 Å². The van der Waals surface area contributed by atoms with E-state index in [1.807, 2.05) is 66.3 Å². The van der Waals surface area contributed by atoms with Crippen molar-refractivity contribution < 1.29 is 23.9 Å². The fourth-order valence-electron chi connectivity index (χ4n) is 14.2. The lowest BCUT2D eigenvalue weighted by molar-refractivity contribution is -0.129. The van der Waals surface area contributed by atoms with E-state index in [9.17, 15) is 14.4 Å². The fourth-order valence-corrected chi connectivity index (χ4v) is 14.2. The van der Waals surface area contributed by atoms with Crippen LogP contribution in [0.15, 0.2) is 122 Å². The second-order valence-electron chi connectivity index (χ2n) is 26.9. The maximum Gasteiger partial charge on any atom is 0.410 e. The summed E-state index contributed by atoms with van der Waals surface area (Å²) in [5.41, 5.74) is 6.80. The molecule has 6 unspecified atom stereocenters. The number of Topliss-reactive ketones (excluding diaryl/α,β-unsaturated/α-hetero) is 1. The quantitative estimate of drug-likeness (QED) is 0.0849. The Morgan fingerprint density at radius 1 is 0.409 bits per heavy atom. The van der Waals surface area contributed by atoms with E-state index in [1.165, 1.54) is 0 Å². The Bertz CT molecular complexity index is 4040. The molecule has 88 heavy (non-hydrogen) atoms. The Balaban J connectivity index is 0.617. The van der Waals surface area contributed by atoms with Crippen molar-refractivity contribution in [2.45, 2.75) is 154 Å². The number of hydrogen-bond donors (Lipinski definition) is 4. The second kappa shape index (κ2) is 22.5. The number of ether oxygens (including phenoxy) is 2. The van der Waals surface area contributed by atoms with E-state index in [4.69, 9.17) is 29.4 Å². The van der Waals surface area contributed by atoms with Crippen LogP contribution < -0.4 is 0 Å². The summed E-state index contributed by atoms with van der Waals surface area (Å²) < 4.78 is 11.4. The summed E-state index contributed by atoms with van der Waals surface area (Å²) in [6, 6.07) is 34.2. The van der Waals surface area contributed by atoms with Crippen molar-refractivity contribution in [3.8, 4) is 45.0 Å². The molecule has 0 bridgehead atoms. The summed E-state index contributed by atoms with van der Waals surface area (Å²) in [7, 11) is 0. The standard InChI is InChI=1S/C71H78N12O5/c1-41(80-25-9-13-59(80)64-72-37-55(76-64)47-21-17-43-31-53-35-49(23-19-45(53)29-51(43)33-47)57-39-74-66(78-57)61-15-11-27-82(61)68(85)87-70(3,4)5)63(84)42(2)81-26-10-14-60(81)65-73-38-56(77-65)48-22-18-44-32-54-36-50(24-20-46(54)30-52(44)34-48)58-40-75-67(79-58)62-16-12-28-83(62)69(86)88-71(6,7)8/h17-24,29-42,59-62H,9-16,25-28H2,1-8H3,(H,72,76)(H,73,77)(H,74,78)(H,75,79). The number of H-pyrrole nitrogens is 4. The number of carbonyl (C=O) groups excluding carboxylic acids is 3. The summed E-state index contributed by atoms with van der Waals surface area (Å²) in [4.78, 5) is 82.9. The number of likely N-dealkylation sites (tertiary alicyclic amines) is 4. The van der Waals surface area contributed by atoms with Gasteiger partial charge in [-0.1, -0.05) is 48.5 Å². The van der Waals surface area contributed by atoms with Crippen molar-refractivity contribution >= 4 is 61.1 Å². The van der Waals surface area contributed by atoms with Gasteiger partial charge < -0.3 is 29.4 Å². The first-order chi connectivity index (χ1) is 42.3. The summed E-state index contributed by atoms with van der Waals surface area (Å²) in [5, 5.41) is 9.09. The van der Waals surface area contributed by atoms with Crippen LogP contribution in [0.25, 0.3) is 88.1 Å². The first-order valence-electron chi connectivity index (χ1n) is 31.6. The second-order valence-corrected chi connectivity index (χ2v) is 26.9. The minimum atomic E-state index is -0.561. The predicted molar refractivity (Wildman–Crippen MR) is 344 cm³/mol. The Kier molecular flexibility index (Phi) is 14.6. The molecule has 452 valence electrons. The number of carbonyl (C=O) groups is 3. The van der Waals surface area contributed by atoms with Crippen LogP contribution in [-0.2, 0) is 14.3 Å². The highest BCUT2D eigenvalue weighted by atomic mass is 16.6. The SMILES string of the molecule is CC(C(=O)C(C)N1CCCC1c1ncc(-c2ccc3cc4cc(-c5cnc(C6CCCN6C(=O)OC(C)(C)C)[nH]5)ccc4cc3c2)[nH]1)N1CCCC1c1ncc(-c2ccc3cc4cc(-c5cnc(C6CCCN6C(=O)OC(C)(C)C)[nH]5)ccc4cc3c2)[nH]1. The Hall–Kier alpha value is -8.67. The number of fused-ring (bicyclic) bond motifs is 4. The molecular formula is C71H78N12O5. The molecule has 2 amide bonds. The number of nitrogens with zero attached hydrogens (tertiary/aromatic N) is 8. The van der Waals surface area contributed by atoms with E-state index in [-0.39, 0.29) is 54.2 Å². The summed E-state index contributed by atoms with van der Waals surface area (Å²) in [6.45, 7) is 18.5. The Morgan fingerprint density at radius 2 is 0.693 bits per heavy atom. The van der Waals surface area contributed by atoms with E-state index in [2.05, 4.69) is 141 Å². The van der Waals surface area contributed by atoms with E-state index < -0.39 is 11.2 Å². The lowest BCUT2D eigenvalue weighted by Crippen LogP contribution is -2.48. The molecular weight excluding hydrogens is 1100 g/mol. The number of rotatable bonds is 12. The number of aromatic nitrogens is 8. The Morgan fingerprint density at radius 3 is 1.00 bits per heavy atom. The summed E-state index contributed by atoms with van der Waals surface area (Å²) in [6.07, 6.45) is 14.3. The highest BCUT2D eigenvalue weighted by Gasteiger charge is 2.41. The third kappa shape index (κ3) is 11.1. The van der Waals surface area contributed by atoms with Crippen molar-refractivity contribution in [2.75, 3.05) is 26.2 Å². The first kappa shape index (κ1) is 57.1. The van der Waals surface area contributed by atoms with Gasteiger partial charge in [-0.05, 0) is 211 Å². The highest BCUT2D eigenvalue weighted by molar-refractivity contribution is 6.02. The minimum Gasteiger partial charge on any atom is -0.444 e. The number of amides is 2. The zero-order valence-corrected chi connectivity index (χ0v) is 51.6. The molecule has 8 heterocycles. The van der Waals surface area contributed by atoms with Crippen LogP contribution in [0.5, 0.6) is 0 Å². The van der Waals surface area contributed by atoms with Crippen LogP contribution in [0.2, 0.25) is 0 Å². The number of nitrogens with one attached hydrogen (secondary N) is 4. The molecule has 4 aromatic heterocycles. The monoisotopic (exact) mass is 1180 g/mol. The highest BCUT2D eigenvalue weighted by Crippen LogP contribution is 2.41. The van der Waals surface area contributed by atoms with Crippen LogP contribution in [0.3, 0.4) is 0 Å². The van der Waals surface area contributed by atoms with Gasteiger partial charge in [0.1, 0.15) is 34.5 Å². The third-order valence-electron chi connectivity index (χ3n) is 18.6. The van der Waals surface area contributed by atoms with Crippen molar-refractivity contribution in [2.24, 2.45) is 0 Å². The molecule has 4 fully saturated rings. The van der Waals surface area contributed by atoms with E-state index in [0.717, 1.165) is 176 Å². The van der Waals surface area contributed by atoms with Gasteiger partial charge in [0.05, 0.1) is 83.8 Å². The maximum atomic E-state index is 14.7. The Labute approximate surface area is 512 Å². The van der Waals surface area contributed by atoms with Gasteiger partial charge in [-0.15, -0.1) is 0 Å². The smallest absolute Gasteiger partial charge is 0.410 e. The molecule has 4 N–H and O–H groups in total. The van der Waals surface area contributed by atoms with Crippen LogP contribution in [0.1, 0.15) is 154 Å². The molecule has 4 aliphatic heterocycles. The van der Waals surface area contributed by atoms with E-state index >= 15 is 0 Å². The molecule has 4 aliphatic rings. The topological polar surface area (TPSA) is 197 Å². The zero-order valence-electron chi connectivity index (χ0n) is 51.6. The van der Waals surface area contributed by atoms with Gasteiger partial charge in [0.2, 0.25) is 0 Å². The summed E-state index contributed by atoms with van der Waals surface area (Å²) >= 11 is 0. The number of hydrogen-bond acceptors (Lipinski definition) is 11. The van der Waals surface area contributed by atoms with Crippen molar-refractivity contribution in [3.05, 3.63) is 145 Å². The number of benzene rings is 6. The van der Waals surface area contributed by atoms with Crippen molar-refractivity contribution in [1.29, 1.82) is 0 Å². The maximum absolute atomic E-state index is 14.7. The zero-order chi connectivity index (χ0) is 60.8. The van der Waals surface area contributed by atoms with Gasteiger partial charge in [-0.3, -0.25) is 24.4 Å². The lowest BCUT2D eigenvalue weighted by atomic mass is 9.99. The molecule has 4 saturated heterocycles. The molecule has 0 spiro atoms. The van der Waals surface area contributed by atoms with Crippen LogP contribution in [-0.4, -0.2) is 127 Å². The average Bonchev–Trinajstić information content (AvgIpc) is 2.16. The number of aromatic amines is 4. The van der Waals surface area contributed by atoms with Gasteiger partial charge in [-0.25, -0.2) is 29.5 Å². The first-order valence-corrected chi connectivity index (χ1v) is 31.6. The van der Waals surface area contributed by atoms with Gasteiger partial charge in [0, 0.05) is 35.3 Å². The minimum absolute atomic E-state index is 0.00409. The largest absolute Gasteiger partial charge is 0.444 e. The van der Waals surface area contributed by atoms with Gasteiger partial charge in [0.25, 0.3) is 0 Å². The normalized spacial score (nSPS) is 20.3. The van der Waals surface area contributed by atoms with Gasteiger partial charge in [-0.2, -0.15) is 0 Å². The molecule has 6 atom stereocenters. The number of imidazole rings is 4.